The summed E-state index contributed by atoms with van der Waals surface area (Å²) in [6, 6.07) is 4.96. The fourth-order valence-electron chi connectivity index (χ4n) is 1.56. The maximum absolute atomic E-state index is 10.9. The molecule has 0 aliphatic heterocycles. The van der Waals surface area contributed by atoms with Crippen LogP contribution in [0.5, 0.6) is 0 Å². The first-order valence-corrected chi connectivity index (χ1v) is 6.90. The van der Waals surface area contributed by atoms with Crippen LogP contribution in [0.25, 0.3) is 0 Å². The molecule has 1 rings (SSSR count). The number of nitro benzene ring substituents is 1. The highest BCUT2D eigenvalue weighted by Crippen LogP contribution is 2.26. The molecule has 1 unspecified atom stereocenters. The van der Waals surface area contributed by atoms with Crippen LogP contribution in [-0.2, 0) is 4.79 Å². The van der Waals surface area contributed by atoms with E-state index >= 15 is 0 Å². The number of anilines is 1. The summed E-state index contributed by atoms with van der Waals surface area (Å²) in [5.41, 5.74) is 0.506. The zero-order valence-electron chi connectivity index (χ0n) is 10.4. The summed E-state index contributed by atoms with van der Waals surface area (Å²) < 4.78 is 0.800. The quantitative estimate of drug-likeness (QED) is 0.329. The molecule has 2 N–H and O–H groups in total. The van der Waals surface area contributed by atoms with E-state index in [-0.39, 0.29) is 5.69 Å². The molecule has 0 bridgehead atoms. The Morgan fingerprint density at radius 3 is 2.84 bits per heavy atom. The normalized spacial score (nSPS) is 11.9. The van der Waals surface area contributed by atoms with Crippen molar-refractivity contribution in [2.75, 3.05) is 11.9 Å². The highest BCUT2D eigenvalue weighted by molar-refractivity contribution is 14.1. The zero-order valence-corrected chi connectivity index (χ0v) is 12.6. The van der Waals surface area contributed by atoms with Gasteiger partial charge in [0.15, 0.2) is 0 Å². The van der Waals surface area contributed by atoms with Gasteiger partial charge in [0.25, 0.3) is 5.69 Å². The molecule has 0 heterocycles. The van der Waals surface area contributed by atoms with Crippen molar-refractivity contribution in [3.8, 4) is 0 Å². The average molecular weight is 378 g/mol. The van der Waals surface area contributed by atoms with Crippen molar-refractivity contribution in [1.29, 1.82) is 0 Å². The van der Waals surface area contributed by atoms with Crippen LogP contribution in [0.4, 0.5) is 11.4 Å². The number of hydrogen-bond acceptors (Lipinski definition) is 4. The van der Waals surface area contributed by atoms with Gasteiger partial charge in [0, 0.05) is 16.2 Å². The topological polar surface area (TPSA) is 92.5 Å². The van der Waals surface area contributed by atoms with Gasteiger partial charge in [-0.2, -0.15) is 0 Å². The molecule has 1 aromatic carbocycles. The fourth-order valence-corrected chi connectivity index (χ4v) is 2.03. The van der Waals surface area contributed by atoms with Crippen LogP contribution in [0.1, 0.15) is 19.8 Å². The number of aliphatic carboxylic acids is 1. The lowest BCUT2D eigenvalue weighted by Crippen LogP contribution is -2.12. The second-order valence-electron chi connectivity index (χ2n) is 4.23. The van der Waals surface area contributed by atoms with Gasteiger partial charge in [-0.15, -0.1) is 0 Å². The summed E-state index contributed by atoms with van der Waals surface area (Å²) in [7, 11) is 0. The molecular weight excluding hydrogens is 363 g/mol. The minimum atomic E-state index is -0.819. The third kappa shape index (κ3) is 5.01. The summed E-state index contributed by atoms with van der Waals surface area (Å²) in [5.74, 6) is -1.21. The van der Waals surface area contributed by atoms with Crippen LogP contribution in [0.3, 0.4) is 0 Å². The lowest BCUT2D eigenvalue weighted by Gasteiger charge is -2.09. The van der Waals surface area contributed by atoms with Gasteiger partial charge in [0.1, 0.15) is 5.69 Å². The Hall–Kier alpha value is -1.38. The van der Waals surface area contributed by atoms with Crippen molar-refractivity contribution < 1.29 is 14.8 Å². The fraction of sp³-hybridized carbons (Fsp3) is 0.417. The lowest BCUT2D eigenvalue weighted by atomic mass is 10.1. The van der Waals surface area contributed by atoms with Crippen molar-refractivity contribution >= 4 is 39.9 Å². The van der Waals surface area contributed by atoms with E-state index in [2.05, 4.69) is 5.32 Å². The summed E-state index contributed by atoms with van der Waals surface area (Å²) >= 11 is 2.02. The monoisotopic (exact) mass is 378 g/mol. The van der Waals surface area contributed by atoms with Gasteiger partial charge in [-0.25, -0.2) is 0 Å². The highest BCUT2D eigenvalue weighted by atomic mass is 127. The first-order chi connectivity index (χ1) is 8.91. The lowest BCUT2D eigenvalue weighted by molar-refractivity contribution is -0.384. The van der Waals surface area contributed by atoms with E-state index in [0.29, 0.717) is 25.1 Å². The first-order valence-electron chi connectivity index (χ1n) is 5.82. The minimum absolute atomic E-state index is 0.0400. The number of nitrogens with one attached hydrogen (secondary N) is 1. The minimum Gasteiger partial charge on any atom is -0.481 e. The van der Waals surface area contributed by atoms with E-state index < -0.39 is 16.8 Å². The first kappa shape index (κ1) is 15.7. The maximum atomic E-state index is 10.9. The molecule has 0 fully saturated rings. The Morgan fingerprint density at radius 1 is 1.58 bits per heavy atom. The molecule has 6 nitrogen and oxygen atoms in total. The second-order valence-corrected chi connectivity index (χ2v) is 5.47. The summed E-state index contributed by atoms with van der Waals surface area (Å²) in [5, 5.41) is 22.6. The Bertz CT molecular complexity index is 479. The van der Waals surface area contributed by atoms with Crippen LogP contribution in [0, 0.1) is 19.6 Å². The van der Waals surface area contributed by atoms with Crippen molar-refractivity contribution in [1.82, 2.24) is 0 Å². The number of halogens is 1. The molecule has 19 heavy (non-hydrogen) atoms. The Labute approximate surface area is 124 Å². The number of hydrogen-bond donors (Lipinski definition) is 2. The van der Waals surface area contributed by atoms with Gasteiger partial charge in [-0.1, -0.05) is 6.92 Å². The number of benzene rings is 1. The van der Waals surface area contributed by atoms with Crippen molar-refractivity contribution in [3.05, 3.63) is 31.9 Å². The number of carbonyl (C=O) groups is 1. The molecule has 0 radical (unpaired) electrons. The highest BCUT2D eigenvalue weighted by Gasteiger charge is 2.14. The molecule has 0 aliphatic carbocycles. The number of carboxylic acids is 1. The molecule has 0 spiro atoms. The van der Waals surface area contributed by atoms with Crippen molar-refractivity contribution in [3.63, 3.8) is 0 Å². The van der Waals surface area contributed by atoms with Crippen molar-refractivity contribution in [2.45, 2.75) is 19.8 Å². The average Bonchev–Trinajstić information content (AvgIpc) is 2.35. The smallest absolute Gasteiger partial charge is 0.306 e. The molecule has 1 atom stereocenters. The van der Waals surface area contributed by atoms with E-state index in [1.165, 1.54) is 6.07 Å². The summed E-state index contributed by atoms with van der Waals surface area (Å²) in [6.45, 7) is 2.16. The van der Waals surface area contributed by atoms with Gasteiger partial charge in [-0.3, -0.25) is 14.9 Å². The SMILES string of the molecule is CC(CCCNc1ccc(I)cc1[N+](=O)[O-])C(=O)O. The molecule has 0 aromatic heterocycles. The van der Waals surface area contributed by atoms with E-state index in [4.69, 9.17) is 5.11 Å². The van der Waals surface area contributed by atoms with Crippen LogP contribution >= 0.6 is 22.6 Å². The van der Waals surface area contributed by atoms with E-state index in [0.717, 1.165) is 3.57 Å². The van der Waals surface area contributed by atoms with Crippen LogP contribution < -0.4 is 5.32 Å². The second kappa shape index (κ2) is 7.27. The van der Waals surface area contributed by atoms with E-state index in [1.807, 2.05) is 22.6 Å². The largest absolute Gasteiger partial charge is 0.481 e. The number of nitro groups is 1. The predicted molar refractivity (Wildman–Crippen MR) is 80.3 cm³/mol. The molecule has 7 heteroatoms. The Balaban J connectivity index is 2.54. The van der Waals surface area contributed by atoms with Gasteiger partial charge in [0.05, 0.1) is 10.8 Å². The van der Waals surface area contributed by atoms with Gasteiger partial charge < -0.3 is 10.4 Å². The molecular formula is C12H15IN2O4. The third-order valence-corrected chi connectivity index (χ3v) is 3.38. The van der Waals surface area contributed by atoms with Gasteiger partial charge >= 0.3 is 5.97 Å². The molecule has 0 amide bonds. The molecule has 104 valence electrons. The number of carboxylic acid groups (broad SMARTS) is 1. The van der Waals surface area contributed by atoms with Crippen LogP contribution in [0.2, 0.25) is 0 Å². The third-order valence-electron chi connectivity index (χ3n) is 2.71. The van der Waals surface area contributed by atoms with Gasteiger partial charge in [-0.05, 0) is 47.6 Å². The molecule has 0 aliphatic rings. The van der Waals surface area contributed by atoms with Crippen LogP contribution in [0.15, 0.2) is 18.2 Å². The van der Waals surface area contributed by atoms with Gasteiger partial charge in [0.2, 0.25) is 0 Å². The van der Waals surface area contributed by atoms with E-state index in [9.17, 15) is 14.9 Å². The molecule has 0 saturated carbocycles. The van der Waals surface area contributed by atoms with Crippen molar-refractivity contribution in [2.24, 2.45) is 5.92 Å². The number of nitrogens with zero attached hydrogens (tertiary/aromatic N) is 1. The Kier molecular flexibility index (Phi) is 6.00. The van der Waals surface area contributed by atoms with E-state index in [1.54, 1.807) is 19.1 Å². The predicted octanol–water partition coefficient (Wildman–Crippen LogP) is 3.11. The van der Waals surface area contributed by atoms with Crippen LogP contribution in [-0.4, -0.2) is 22.5 Å². The number of rotatable bonds is 7. The summed E-state index contributed by atoms with van der Waals surface area (Å²) in [4.78, 5) is 21.1. The zero-order chi connectivity index (χ0) is 14.4. The molecule has 0 saturated heterocycles. The molecule has 1 aromatic rings. The Morgan fingerprint density at radius 2 is 2.26 bits per heavy atom. The maximum Gasteiger partial charge on any atom is 0.306 e. The standard InChI is InChI=1S/C12H15IN2O4/c1-8(12(16)17)3-2-6-14-10-5-4-9(13)7-11(10)15(18)19/h4-5,7-8,14H,2-3,6H2,1H3,(H,16,17). The summed E-state index contributed by atoms with van der Waals surface area (Å²) in [6.07, 6.45) is 1.19.